The molecule has 0 aliphatic heterocycles. The maximum atomic E-state index is 12.5. The van der Waals surface area contributed by atoms with Crippen molar-refractivity contribution in [2.24, 2.45) is 0 Å². The summed E-state index contributed by atoms with van der Waals surface area (Å²) in [4.78, 5) is 21.4. The van der Waals surface area contributed by atoms with E-state index in [9.17, 15) is 13.6 Å². The van der Waals surface area contributed by atoms with Crippen LogP contribution in [0.5, 0.6) is 5.75 Å². The Kier molecular flexibility index (Phi) is 5.23. The number of fused-ring (bicyclic) bond motifs is 1. The van der Waals surface area contributed by atoms with Crippen molar-refractivity contribution in [1.29, 1.82) is 0 Å². The SMILES string of the molecule is Cc1nc2ccccc2nc1SCC(=O)c1ccccc1OC(F)F. The molecular formula is C18H14F2N2O2S. The van der Waals surface area contributed by atoms with Crippen LogP contribution in [0.1, 0.15) is 16.1 Å². The van der Waals surface area contributed by atoms with Crippen molar-refractivity contribution in [2.45, 2.75) is 18.6 Å². The molecule has 0 bridgehead atoms. The molecule has 0 atom stereocenters. The summed E-state index contributed by atoms with van der Waals surface area (Å²) in [5.74, 6) is -0.377. The molecule has 3 rings (SSSR count). The van der Waals surface area contributed by atoms with E-state index >= 15 is 0 Å². The maximum Gasteiger partial charge on any atom is 0.387 e. The van der Waals surface area contributed by atoms with Gasteiger partial charge in [0.25, 0.3) is 0 Å². The van der Waals surface area contributed by atoms with Gasteiger partial charge < -0.3 is 4.74 Å². The number of carbonyl (C=O) groups is 1. The third kappa shape index (κ3) is 4.11. The summed E-state index contributed by atoms with van der Waals surface area (Å²) in [6.45, 7) is -1.16. The van der Waals surface area contributed by atoms with Crippen LogP contribution < -0.4 is 4.74 Å². The lowest BCUT2D eigenvalue weighted by Crippen LogP contribution is -2.09. The Morgan fingerprint density at radius 3 is 2.44 bits per heavy atom. The van der Waals surface area contributed by atoms with Crippen LogP contribution in [0.25, 0.3) is 11.0 Å². The zero-order valence-corrected chi connectivity index (χ0v) is 14.1. The van der Waals surface area contributed by atoms with Crippen LogP contribution in [0.15, 0.2) is 53.6 Å². The Bertz CT molecular complexity index is 918. The van der Waals surface area contributed by atoms with Crippen molar-refractivity contribution in [2.75, 3.05) is 5.75 Å². The molecule has 128 valence electrons. The lowest BCUT2D eigenvalue weighted by Gasteiger charge is -2.10. The smallest absolute Gasteiger partial charge is 0.387 e. The summed E-state index contributed by atoms with van der Waals surface area (Å²) in [7, 11) is 0. The molecule has 0 aliphatic rings. The highest BCUT2D eigenvalue weighted by atomic mass is 32.2. The number of hydrogen-bond acceptors (Lipinski definition) is 5. The van der Waals surface area contributed by atoms with E-state index in [1.165, 1.54) is 23.9 Å². The molecule has 2 aromatic carbocycles. The van der Waals surface area contributed by atoms with E-state index in [1.807, 2.05) is 31.2 Å². The first-order chi connectivity index (χ1) is 12.0. The number of alkyl halides is 2. The molecule has 0 radical (unpaired) electrons. The van der Waals surface area contributed by atoms with Crippen LogP contribution in [0.2, 0.25) is 0 Å². The zero-order valence-electron chi connectivity index (χ0n) is 13.3. The summed E-state index contributed by atoms with van der Waals surface area (Å²) < 4.78 is 29.3. The van der Waals surface area contributed by atoms with E-state index in [1.54, 1.807) is 12.1 Å². The van der Waals surface area contributed by atoms with Gasteiger partial charge in [0.2, 0.25) is 0 Å². The van der Waals surface area contributed by atoms with E-state index < -0.39 is 6.61 Å². The summed E-state index contributed by atoms with van der Waals surface area (Å²) in [6.07, 6.45) is 0. The molecule has 0 unspecified atom stereocenters. The number of aryl methyl sites for hydroxylation is 1. The predicted octanol–water partition coefficient (Wildman–Crippen LogP) is 4.51. The molecule has 0 amide bonds. The Morgan fingerprint density at radius 2 is 1.72 bits per heavy atom. The predicted molar refractivity (Wildman–Crippen MR) is 92.4 cm³/mol. The fourth-order valence-corrected chi connectivity index (χ4v) is 3.16. The Morgan fingerprint density at radius 1 is 1.08 bits per heavy atom. The van der Waals surface area contributed by atoms with E-state index in [2.05, 4.69) is 14.7 Å². The number of benzene rings is 2. The van der Waals surface area contributed by atoms with Crippen molar-refractivity contribution < 1.29 is 18.3 Å². The van der Waals surface area contributed by atoms with Gasteiger partial charge in [0.05, 0.1) is 28.0 Å². The zero-order chi connectivity index (χ0) is 17.8. The Balaban J connectivity index is 1.78. The average Bonchev–Trinajstić information content (AvgIpc) is 2.59. The lowest BCUT2D eigenvalue weighted by molar-refractivity contribution is -0.0501. The van der Waals surface area contributed by atoms with Gasteiger partial charge in [0.15, 0.2) is 5.78 Å². The van der Waals surface area contributed by atoms with Gasteiger partial charge in [-0.25, -0.2) is 9.97 Å². The van der Waals surface area contributed by atoms with E-state index in [-0.39, 0.29) is 22.8 Å². The van der Waals surface area contributed by atoms with Crippen LogP contribution >= 0.6 is 11.8 Å². The number of carbonyl (C=O) groups excluding carboxylic acids is 1. The van der Waals surface area contributed by atoms with Gasteiger partial charge in [0.1, 0.15) is 10.8 Å². The normalized spacial score (nSPS) is 11.0. The molecule has 0 N–H and O–H groups in total. The fraction of sp³-hybridized carbons (Fsp3) is 0.167. The van der Waals surface area contributed by atoms with Crippen molar-refractivity contribution in [3.8, 4) is 5.75 Å². The monoisotopic (exact) mass is 360 g/mol. The third-order valence-electron chi connectivity index (χ3n) is 3.44. The van der Waals surface area contributed by atoms with E-state index in [0.717, 1.165) is 11.0 Å². The average molecular weight is 360 g/mol. The quantitative estimate of drug-likeness (QED) is 0.478. The Hall–Kier alpha value is -2.54. The first-order valence-electron chi connectivity index (χ1n) is 7.48. The minimum Gasteiger partial charge on any atom is -0.434 e. The van der Waals surface area contributed by atoms with Crippen LogP contribution in [-0.4, -0.2) is 28.1 Å². The fourth-order valence-electron chi connectivity index (χ4n) is 2.32. The van der Waals surface area contributed by atoms with Gasteiger partial charge in [-0.3, -0.25) is 4.79 Å². The number of hydrogen-bond donors (Lipinski definition) is 0. The standard InChI is InChI=1S/C18H14F2N2O2S/c1-11-17(22-14-8-4-3-7-13(14)21-11)25-10-15(23)12-6-2-5-9-16(12)24-18(19)20/h2-9,18H,10H2,1H3. The Labute approximate surface area is 147 Å². The number of thioether (sulfide) groups is 1. The molecule has 0 spiro atoms. The first-order valence-corrected chi connectivity index (χ1v) is 8.46. The molecule has 0 fully saturated rings. The largest absolute Gasteiger partial charge is 0.434 e. The van der Waals surface area contributed by atoms with Crippen molar-refractivity contribution >= 4 is 28.6 Å². The molecule has 7 heteroatoms. The second kappa shape index (κ2) is 7.57. The van der Waals surface area contributed by atoms with Gasteiger partial charge in [-0.2, -0.15) is 8.78 Å². The number of para-hydroxylation sites is 3. The van der Waals surface area contributed by atoms with Gasteiger partial charge in [-0.1, -0.05) is 36.0 Å². The highest BCUT2D eigenvalue weighted by molar-refractivity contribution is 8.00. The first kappa shape index (κ1) is 17.3. The molecule has 3 aromatic rings. The molecule has 1 heterocycles. The summed E-state index contributed by atoms with van der Waals surface area (Å²) in [6, 6.07) is 13.4. The van der Waals surface area contributed by atoms with Crippen molar-refractivity contribution in [1.82, 2.24) is 9.97 Å². The van der Waals surface area contributed by atoms with Crippen LogP contribution in [-0.2, 0) is 0 Å². The van der Waals surface area contributed by atoms with Crippen molar-refractivity contribution in [3.63, 3.8) is 0 Å². The molecule has 4 nitrogen and oxygen atoms in total. The summed E-state index contributed by atoms with van der Waals surface area (Å²) in [5, 5.41) is 0.638. The van der Waals surface area contributed by atoms with Gasteiger partial charge in [-0.05, 0) is 31.2 Å². The maximum absolute atomic E-state index is 12.5. The van der Waals surface area contributed by atoms with Crippen LogP contribution in [0, 0.1) is 6.92 Å². The van der Waals surface area contributed by atoms with Gasteiger partial charge >= 0.3 is 6.61 Å². The molecular weight excluding hydrogens is 346 g/mol. The molecule has 0 saturated carbocycles. The van der Waals surface area contributed by atoms with Crippen molar-refractivity contribution in [3.05, 3.63) is 59.8 Å². The highest BCUT2D eigenvalue weighted by Gasteiger charge is 2.16. The number of rotatable bonds is 6. The molecule has 1 aromatic heterocycles. The number of ether oxygens (including phenoxy) is 1. The number of nitrogens with zero attached hydrogens (tertiary/aromatic N) is 2. The minimum absolute atomic E-state index is 0.0530. The van der Waals surface area contributed by atoms with E-state index in [4.69, 9.17) is 0 Å². The summed E-state index contributed by atoms with van der Waals surface area (Å²) >= 11 is 1.23. The third-order valence-corrected chi connectivity index (χ3v) is 4.51. The molecule has 0 aliphatic carbocycles. The van der Waals surface area contributed by atoms with Crippen LogP contribution in [0.3, 0.4) is 0 Å². The molecule has 25 heavy (non-hydrogen) atoms. The summed E-state index contributed by atoms with van der Waals surface area (Å²) in [5.41, 5.74) is 2.37. The highest BCUT2D eigenvalue weighted by Crippen LogP contribution is 2.26. The van der Waals surface area contributed by atoms with E-state index in [0.29, 0.717) is 10.7 Å². The number of aromatic nitrogens is 2. The minimum atomic E-state index is -2.98. The second-order valence-electron chi connectivity index (χ2n) is 5.19. The molecule has 0 saturated heterocycles. The number of halogens is 2. The second-order valence-corrected chi connectivity index (χ2v) is 6.15. The number of ketones is 1. The lowest BCUT2D eigenvalue weighted by atomic mass is 10.1. The van der Waals surface area contributed by atoms with Crippen LogP contribution in [0.4, 0.5) is 8.78 Å². The number of Topliss-reactive ketones (excluding diaryl/α,β-unsaturated/α-hetero) is 1. The topological polar surface area (TPSA) is 52.1 Å². The van der Waals surface area contributed by atoms with Gasteiger partial charge in [-0.15, -0.1) is 0 Å². The van der Waals surface area contributed by atoms with Gasteiger partial charge in [0, 0.05) is 0 Å².